The van der Waals surface area contributed by atoms with Gasteiger partial charge in [0, 0.05) is 30.4 Å². The Morgan fingerprint density at radius 3 is 2.64 bits per heavy atom. The number of carbonyl (C=O) groups excluding carboxylic acids is 2. The summed E-state index contributed by atoms with van der Waals surface area (Å²) in [5.74, 6) is 1.38. The van der Waals surface area contributed by atoms with Crippen molar-refractivity contribution in [3.05, 3.63) is 42.5 Å². The fourth-order valence-electron chi connectivity index (χ4n) is 3.39. The Hall–Kier alpha value is -3.22. The molecule has 0 radical (unpaired) electrons. The number of nitrogens with one attached hydrogen (secondary N) is 1. The Morgan fingerprint density at radius 2 is 1.89 bits per heavy atom. The molecule has 0 saturated carbocycles. The van der Waals surface area contributed by atoms with Crippen LogP contribution in [0.3, 0.4) is 0 Å². The van der Waals surface area contributed by atoms with E-state index in [0.29, 0.717) is 43.6 Å². The second-order valence-electron chi connectivity index (χ2n) is 6.68. The highest BCUT2D eigenvalue weighted by Crippen LogP contribution is 2.33. The van der Waals surface area contributed by atoms with E-state index in [1.165, 1.54) is 0 Å². The molecular weight excluding hydrogens is 360 g/mol. The molecule has 4 rings (SSSR count). The lowest BCUT2D eigenvalue weighted by atomic mass is 10.1. The van der Waals surface area contributed by atoms with Crippen molar-refractivity contribution in [1.29, 1.82) is 0 Å². The van der Waals surface area contributed by atoms with Crippen molar-refractivity contribution in [2.24, 2.45) is 5.92 Å². The summed E-state index contributed by atoms with van der Waals surface area (Å²) in [5, 5.41) is 2.88. The molecule has 2 heterocycles. The molecule has 2 aliphatic heterocycles. The number of hydrogen-bond acceptors (Lipinski definition) is 5. The quantitative estimate of drug-likeness (QED) is 0.861. The number of nitrogens with zero attached hydrogens (tertiary/aromatic N) is 1. The fourth-order valence-corrected chi connectivity index (χ4v) is 3.39. The SMILES string of the molecule is CCOc1ccc(N2C[C@H](C(=O)Nc3ccc4c(c3)OCCO4)CC2=O)cc1. The molecule has 1 saturated heterocycles. The highest BCUT2D eigenvalue weighted by atomic mass is 16.6. The van der Waals surface area contributed by atoms with Gasteiger partial charge < -0.3 is 24.4 Å². The normalized spacial score (nSPS) is 18.1. The molecule has 1 N–H and O–H groups in total. The van der Waals surface area contributed by atoms with Gasteiger partial charge in [-0.3, -0.25) is 9.59 Å². The monoisotopic (exact) mass is 382 g/mol. The second kappa shape index (κ2) is 7.80. The van der Waals surface area contributed by atoms with E-state index in [4.69, 9.17) is 14.2 Å². The van der Waals surface area contributed by atoms with Crippen LogP contribution < -0.4 is 24.4 Å². The van der Waals surface area contributed by atoms with Crippen LogP contribution in [0.4, 0.5) is 11.4 Å². The fraction of sp³-hybridized carbons (Fsp3) is 0.333. The zero-order chi connectivity index (χ0) is 19.5. The molecule has 1 fully saturated rings. The van der Waals surface area contributed by atoms with Gasteiger partial charge in [0.2, 0.25) is 11.8 Å². The summed E-state index contributed by atoms with van der Waals surface area (Å²) in [7, 11) is 0. The first-order chi connectivity index (χ1) is 13.6. The van der Waals surface area contributed by atoms with Gasteiger partial charge >= 0.3 is 0 Å². The lowest BCUT2D eigenvalue weighted by molar-refractivity contribution is -0.122. The maximum Gasteiger partial charge on any atom is 0.229 e. The van der Waals surface area contributed by atoms with E-state index >= 15 is 0 Å². The molecule has 2 aliphatic rings. The summed E-state index contributed by atoms with van der Waals surface area (Å²) in [4.78, 5) is 26.7. The van der Waals surface area contributed by atoms with Crippen molar-refractivity contribution in [3.63, 3.8) is 0 Å². The minimum absolute atomic E-state index is 0.0634. The van der Waals surface area contributed by atoms with Crippen LogP contribution in [0.5, 0.6) is 17.2 Å². The van der Waals surface area contributed by atoms with E-state index in [0.717, 1.165) is 11.4 Å². The summed E-state index contributed by atoms with van der Waals surface area (Å²) >= 11 is 0. The van der Waals surface area contributed by atoms with Crippen molar-refractivity contribution in [2.75, 3.05) is 36.6 Å². The summed E-state index contributed by atoms with van der Waals surface area (Å²) in [6.07, 6.45) is 0.184. The Morgan fingerprint density at radius 1 is 1.14 bits per heavy atom. The first-order valence-electron chi connectivity index (χ1n) is 9.38. The first-order valence-corrected chi connectivity index (χ1v) is 9.38. The molecule has 0 spiro atoms. The Kier molecular flexibility index (Phi) is 5.06. The van der Waals surface area contributed by atoms with E-state index in [2.05, 4.69) is 5.32 Å². The third-order valence-corrected chi connectivity index (χ3v) is 4.76. The average molecular weight is 382 g/mol. The summed E-state index contributed by atoms with van der Waals surface area (Å²) in [6, 6.07) is 12.6. The highest BCUT2D eigenvalue weighted by molar-refractivity contribution is 6.03. The number of carbonyl (C=O) groups is 2. The standard InChI is InChI=1S/C21H22N2O5/c1-2-26-17-6-4-16(5-7-17)23-13-14(11-20(23)24)21(25)22-15-3-8-18-19(12-15)28-10-9-27-18/h3-8,12,14H,2,9-11,13H2,1H3,(H,22,25)/t14-/m1/s1. The van der Waals surface area contributed by atoms with Gasteiger partial charge in [-0.1, -0.05) is 0 Å². The van der Waals surface area contributed by atoms with E-state index in [1.54, 1.807) is 23.1 Å². The van der Waals surface area contributed by atoms with Crippen LogP contribution in [0.2, 0.25) is 0 Å². The van der Waals surface area contributed by atoms with Crippen molar-refractivity contribution < 1.29 is 23.8 Å². The molecular formula is C21H22N2O5. The Labute approximate surface area is 163 Å². The van der Waals surface area contributed by atoms with Crippen molar-refractivity contribution >= 4 is 23.2 Å². The van der Waals surface area contributed by atoms with Crippen LogP contribution in [-0.2, 0) is 9.59 Å². The molecule has 0 aliphatic carbocycles. The van der Waals surface area contributed by atoms with E-state index in [1.807, 2.05) is 31.2 Å². The molecule has 146 valence electrons. The van der Waals surface area contributed by atoms with Gasteiger partial charge in [0.1, 0.15) is 19.0 Å². The van der Waals surface area contributed by atoms with Crippen molar-refractivity contribution in [3.8, 4) is 17.2 Å². The molecule has 2 aromatic carbocycles. The molecule has 2 aromatic rings. The number of hydrogen-bond donors (Lipinski definition) is 1. The predicted octanol–water partition coefficient (Wildman–Crippen LogP) is 2.85. The molecule has 0 unspecified atom stereocenters. The van der Waals surface area contributed by atoms with Crippen LogP contribution in [-0.4, -0.2) is 38.2 Å². The molecule has 2 amide bonds. The summed E-state index contributed by atoms with van der Waals surface area (Å²) in [5.41, 5.74) is 1.39. The van der Waals surface area contributed by atoms with Gasteiger partial charge in [-0.25, -0.2) is 0 Å². The lowest BCUT2D eigenvalue weighted by Crippen LogP contribution is -2.28. The van der Waals surface area contributed by atoms with Crippen LogP contribution in [0.1, 0.15) is 13.3 Å². The number of amides is 2. The largest absolute Gasteiger partial charge is 0.494 e. The predicted molar refractivity (Wildman–Crippen MR) is 104 cm³/mol. The second-order valence-corrected chi connectivity index (χ2v) is 6.68. The molecule has 0 aromatic heterocycles. The Bertz CT molecular complexity index is 881. The van der Waals surface area contributed by atoms with Gasteiger partial charge in [-0.05, 0) is 43.3 Å². The summed E-state index contributed by atoms with van der Waals surface area (Å²) in [6.45, 7) is 3.86. The number of rotatable bonds is 5. The van der Waals surface area contributed by atoms with E-state index < -0.39 is 5.92 Å². The van der Waals surface area contributed by atoms with Gasteiger partial charge in [0.25, 0.3) is 0 Å². The maximum atomic E-state index is 12.7. The van der Waals surface area contributed by atoms with Crippen LogP contribution in [0.15, 0.2) is 42.5 Å². The maximum absolute atomic E-state index is 12.7. The number of fused-ring (bicyclic) bond motifs is 1. The molecule has 7 nitrogen and oxygen atoms in total. The lowest BCUT2D eigenvalue weighted by Gasteiger charge is -2.19. The Balaban J connectivity index is 1.41. The third-order valence-electron chi connectivity index (χ3n) is 4.76. The number of anilines is 2. The smallest absolute Gasteiger partial charge is 0.229 e. The topological polar surface area (TPSA) is 77.1 Å². The zero-order valence-corrected chi connectivity index (χ0v) is 15.6. The van der Waals surface area contributed by atoms with E-state index in [9.17, 15) is 9.59 Å². The van der Waals surface area contributed by atoms with Crippen LogP contribution in [0, 0.1) is 5.92 Å². The van der Waals surface area contributed by atoms with Crippen LogP contribution in [0.25, 0.3) is 0 Å². The summed E-state index contributed by atoms with van der Waals surface area (Å²) < 4.78 is 16.5. The van der Waals surface area contributed by atoms with Gasteiger partial charge in [0.05, 0.1) is 12.5 Å². The average Bonchev–Trinajstić information content (AvgIpc) is 3.11. The molecule has 7 heteroatoms. The van der Waals surface area contributed by atoms with Crippen molar-refractivity contribution in [1.82, 2.24) is 0 Å². The minimum atomic E-state index is -0.410. The number of benzene rings is 2. The first kappa shape index (κ1) is 18.2. The number of ether oxygens (including phenoxy) is 3. The van der Waals surface area contributed by atoms with Gasteiger partial charge in [0.15, 0.2) is 11.5 Å². The third kappa shape index (κ3) is 3.74. The van der Waals surface area contributed by atoms with E-state index in [-0.39, 0.29) is 18.2 Å². The highest BCUT2D eigenvalue weighted by Gasteiger charge is 2.35. The molecule has 28 heavy (non-hydrogen) atoms. The zero-order valence-electron chi connectivity index (χ0n) is 15.6. The molecule has 0 bridgehead atoms. The molecule has 1 atom stereocenters. The van der Waals surface area contributed by atoms with Crippen molar-refractivity contribution in [2.45, 2.75) is 13.3 Å². The van der Waals surface area contributed by atoms with Gasteiger partial charge in [-0.2, -0.15) is 0 Å². The minimum Gasteiger partial charge on any atom is -0.494 e. The van der Waals surface area contributed by atoms with Gasteiger partial charge in [-0.15, -0.1) is 0 Å². The van der Waals surface area contributed by atoms with Crippen LogP contribution >= 0.6 is 0 Å².